The third-order valence-electron chi connectivity index (χ3n) is 34.4. The highest BCUT2D eigenvalue weighted by atomic mass is 32.1. The summed E-state index contributed by atoms with van der Waals surface area (Å²) in [6.07, 6.45) is 28.0. The van der Waals surface area contributed by atoms with Crippen molar-refractivity contribution in [1.29, 1.82) is 0 Å². The number of ether oxygens (including phenoxy) is 3. The Kier molecular flexibility index (Phi) is 53.6. The summed E-state index contributed by atoms with van der Waals surface area (Å²) in [6.45, 7) is 153. The third-order valence-corrected chi connectivity index (χ3v) is 35.7. The smallest absolute Gasteiger partial charge is 0.0982 e. The topological polar surface area (TPSA) is 53.5 Å². The quantitative estimate of drug-likeness (QED) is 0.255. The first-order valence-corrected chi connectivity index (χ1v) is 57.1. The molecule has 9 heteroatoms. The van der Waals surface area contributed by atoms with Gasteiger partial charge >= 0.3 is 0 Å². The molecule has 2 unspecified atom stereocenters. The fourth-order valence-electron chi connectivity index (χ4n) is 22.3. The fraction of sp³-hybridized carbons (Fsp3) is 0.976. The number of aromatic nitrogens is 1. The average molecular weight is 1880 g/mol. The van der Waals surface area contributed by atoms with Crippen molar-refractivity contribution in [2.45, 2.75) is 608 Å². The molecule has 2 atom stereocenters. The molecule has 6 aliphatic carbocycles. The molecule has 8 aliphatic heterocycles. The van der Waals surface area contributed by atoms with Crippen LogP contribution in [0.2, 0.25) is 0 Å². The molecule has 14 fully saturated rings. The Labute approximate surface area is 839 Å². The van der Waals surface area contributed by atoms with E-state index in [1.807, 2.05) is 96.9 Å². The Bertz CT molecular complexity index is 2640. The summed E-state index contributed by atoms with van der Waals surface area (Å²) in [5.74, 6) is 2.63. The minimum atomic E-state index is 0.167. The van der Waals surface area contributed by atoms with Gasteiger partial charge in [-0.1, -0.05) is 346 Å². The van der Waals surface area contributed by atoms with Gasteiger partial charge in [0.15, 0.2) is 0 Å². The van der Waals surface area contributed by atoms with Crippen LogP contribution in [0.15, 0.2) is 5.38 Å². The van der Waals surface area contributed by atoms with Gasteiger partial charge in [-0.3, -0.25) is 19.6 Å². The lowest BCUT2D eigenvalue weighted by atomic mass is 9.42. The first-order valence-electron chi connectivity index (χ1n) is 56.2. The van der Waals surface area contributed by atoms with E-state index in [-0.39, 0.29) is 32.9 Å². The van der Waals surface area contributed by atoms with Crippen molar-refractivity contribution in [3.8, 4) is 0 Å². The Morgan fingerprint density at radius 1 is 0.280 bits per heavy atom. The number of hydrogen-bond acceptors (Lipinski definition) is 9. The molecule has 0 aromatic carbocycles. The van der Waals surface area contributed by atoms with Gasteiger partial charge in [0.1, 0.15) is 0 Å². The predicted octanol–water partition coefficient (Wildman–Crippen LogP) is 38.3. The van der Waals surface area contributed by atoms with Crippen molar-refractivity contribution in [3.63, 3.8) is 0 Å². The second kappa shape index (κ2) is 52.2. The van der Waals surface area contributed by atoms with Gasteiger partial charge in [-0.2, -0.15) is 0 Å². The van der Waals surface area contributed by atoms with E-state index < -0.39 is 0 Å². The predicted molar refractivity (Wildman–Crippen MR) is 601 cm³/mol. The van der Waals surface area contributed by atoms with E-state index in [0.29, 0.717) is 93.2 Å². The van der Waals surface area contributed by atoms with Crippen molar-refractivity contribution in [1.82, 2.24) is 24.6 Å². The van der Waals surface area contributed by atoms with Crippen LogP contribution in [0.4, 0.5) is 0 Å². The van der Waals surface area contributed by atoms with Crippen LogP contribution in [0.3, 0.4) is 0 Å². The summed E-state index contributed by atoms with van der Waals surface area (Å²) in [4.78, 5) is 15.1. The van der Waals surface area contributed by atoms with Crippen LogP contribution in [0.25, 0.3) is 0 Å². The Balaban J connectivity index is -0.00000141. The van der Waals surface area contributed by atoms with Crippen LogP contribution in [0.5, 0.6) is 0 Å². The number of nitrogens with zero attached hydrogens (tertiary/aromatic N) is 5. The summed E-state index contributed by atoms with van der Waals surface area (Å²) in [5.41, 5.74) is 10.4. The highest BCUT2D eigenvalue weighted by molar-refractivity contribution is 7.09. The number of likely N-dealkylation sites (tertiary alicyclic amines) is 2. The number of piperidine rings is 1. The van der Waals surface area contributed by atoms with Gasteiger partial charge in [0.2, 0.25) is 0 Å². The molecule has 14 aliphatic rings. The molecule has 15 rings (SSSR count). The molecule has 0 amide bonds. The Hall–Kier alpha value is -0.650. The van der Waals surface area contributed by atoms with Crippen LogP contribution in [0, 0.1) is 99.0 Å². The van der Waals surface area contributed by atoms with Crippen molar-refractivity contribution in [2.24, 2.45) is 99.0 Å². The van der Waals surface area contributed by atoms with E-state index in [2.05, 4.69) is 362 Å². The van der Waals surface area contributed by atoms with Gasteiger partial charge in [-0.25, -0.2) is 4.98 Å². The number of fused-ring (bicyclic) bond motifs is 9. The van der Waals surface area contributed by atoms with E-state index in [1.54, 1.807) is 11.3 Å². The minimum absolute atomic E-state index is 0.167. The normalized spacial score (nSPS) is 27.4. The molecule has 6 bridgehead atoms. The zero-order valence-corrected chi connectivity index (χ0v) is 104. The van der Waals surface area contributed by atoms with Gasteiger partial charge < -0.3 is 14.2 Å². The van der Waals surface area contributed by atoms with Crippen LogP contribution in [-0.2, 0) is 25.0 Å². The van der Waals surface area contributed by atoms with Crippen LogP contribution in [-0.4, -0.2) is 136 Å². The zero-order valence-electron chi connectivity index (χ0n) is 103. The lowest BCUT2D eigenvalue weighted by molar-refractivity contribution is -0.249. The van der Waals surface area contributed by atoms with E-state index in [1.165, 1.54) is 191 Å². The van der Waals surface area contributed by atoms with Gasteiger partial charge in [0.05, 0.1) is 47.8 Å². The Morgan fingerprint density at radius 2 is 0.545 bits per heavy atom. The third kappa shape index (κ3) is 38.5. The molecule has 132 heavy (non-hydrogen) atoms. The van der Waals surface area contributed by atoms with Crippen LogP contribution < -0.4 is 0 Å². The van der Waals surface area contributed by atoms with E-state index in [4.69, 9.17) is 14.2 Å². The molecule has 0 radical (unpaired) electrons. The van der Waals surface area contributed by atoms with Crippen molar-refractivity contribution in [3.05, 3.63) is 16.1 Å². The first-order chi connectivity index (χ1) is 59.3. The van der Waals surface area contributed by atoms with Crippen LogP contribution in [0.1, 0.15) is 568 Å². The molecule has 1 aromatic heterocycles. The largest absolute Gasteiger partial charge is 0.377 e. The maximum atomic E-state index is 6.36. The molecular weight excluding hydrogens is 1630 g/mol. The highest BCUT2D eigenvalue weighted by Crippen LogP contribution is 2.68. The molecule has 1 spiro atoms. The lowest BCUT2D eigenvalue weighted by Gasteiger charge is -2.65. The summed E-state index contributed by atoms with van der Waals surface area (Å²) >= 11 is 1.77. The van der Waals surface area contributed by atoms with Crippen LogP contribution >= 0.6 is 11.3 Å². The van der Waals surface area contributed by atoms with E-state index >= 15 is 0 Å². The second-order valence-corrected chi connectivity index (χ2v) is 59.0. The molecular formula is C123H253N5O3S. The summed E-state index contributed by atoms with van der Waals surface area (Å²) in [6, 6.07) is 0. The molecule has 6 saturated carbocycles. The molecule has 794 valence electrons. The molecule has 9 heterocycles. The second-order valence-electron chi connectivity index (χ2n) is 58.2. The Morgan fingerprint density at radius 3 is 0.727 bits per heavy atom. The monoisotopic (exact) mass is 1880 g/mol. The van der Waals surface area contributed by atoms with Gasteiger partial charge in [-0.05, 0) is 324 Å². The number of piperazine rings is 1. The molecule has 8 saturated heterocycles. The maximum Gasteiger partial charge on any atom is 0.0982 e. The maximum absolute atomic E-state index is 6.36. The fourth-order valence-corrected chi connectivity index (χ4v) is 23.5. The summed E-state index contributed by atoms with van der Waals surface area (Å²) in [5, 5.41) is 3.41. The minimum Gasteiger partial charge on any atom is -0.377 e. The molecule has 1 aromatic rings. The number of thiazole rings is 1. The zero-order chi connectivity index (χ0) is 105. The van der Waals surface area contributed by atoms with E-state index in [0.717, 1.165) is 43.0 Å². The average Bonchev–Trinajstić information content (AvgIpc) is 0.788. The SMILES string of the molecule is CC.CC.CC.CC.CC.CC.CC.CC(C)(C)C12CCC(C(C)(C)C)(CC1)CC2.CC(C)(C)C12CCC(C(C)(C)C)(CC1)OC2.CC(C)(C)C12CCC(C(C)(C)C)(CC1)OC2.CC(C)(C)C1CC2(C1)CN(C(C)(C)C)C2.CC(C)(C)C1CCC(C(C)(C)C)OC1.CC(C)(C)C1CCN(C(C)(C)C)CC1.CC(C)(C)N1CCN(C(C)(C)C)CC1.CC(C)(C)c1csc(C(C)(C)C)n1. The highest BCUT2D eigenvalue weighted by Gasteiger charge is 2.62. The summed E-state index contributed by atoms with van der Waals surface area (Å²) in [7, 11) is 0. The molecule has 0 N–H and O–H groups in total. The van der Waals surface area contributed by atoms with Crippen molar-refractivity contribution < 1.29 is 14.2 Å². The van der Waals surface area contributed by atoms with Crippen molar-refractivity contribution >= 4 is 11.3 Å². The van der Waals surface area contributed by atoms with Gasteiger partial charge in [-0.15, -0.1) is 11.3 Å². The summed E-state index contributed by atoms with van der Waals surface area (Å²) < 4.78 is 18.7. The number of rotatable bonds is 0. The van der Waals surface area contributed by atoms with Gasteiger partial charge in [0, 0.05) is 77.6 Å². The van der Waals surface area contributed by atoms with E-state index in [9.17, 15) is 0 Å². The standard InChI is InChI=1S/C16H30.2C15H28O.C14H27N.C13H27N.C13H26O.C12H26N2.C11H19NS.7C2H6/c1-13(2,3)15-7-10-16(11-8-15,12-9-15)14(4,5)6;2*1-12(2,3)14-7-9-15(10-8-14,16-11-14)13(4,5)6;1-12(2,3)11-7-14(8-11)9-15(10-14)13(4,5)6;1-12(2,3)11-7-9-14(10-8-11)13(4,5)6;1-12(2,3)10-7-8-11(14-9-10)13(4,5)6;1-11(2,3)13-7-9-14(10-8-13)12(4,5)6;1-10(2,3)8-7-13-9(12-8)11(4,5)6;7*1-2/h7-12H2,1-6H3;2*7-11H2,1-6H3;11H,7-10H2,1-6H3;11H,7-10H2,1-6H3;10-11H,7-9H2,1-6H3;7-10H2,1-6H3;7H,1-6H3;7*1-2H3. The molecule has 8 nitrogen and oxygen atoms in total. The first kappa shape index (κ1) is 135. The van der Waals surface area contributed by atoms with Crippen molar-refractivity contribution in [2.75, 3.05) is 72.2 Å². The van der Waals surface area contributed by atoms with Gasteiger partial charge in [0.25, 0.3) is 0 Å². The lowest BCUT2D eigenvalue weighted by Crippen LogP contribution is -2.67. The number of hydrogen-bond donors (Lipinski definition) is 0.